The SMILES string of the molecule is O=C(CC[C@H]1CN(c2ccc(N3CC4(COC4)C3)c(F)c2)C(=O)O1)C1CC1. The van der Waals surface area contributed by atoms with Gasteiger partial charge in [-0.3, -0.25) is 9.69 Å². The van der Waals surface area contributed by atoms with Crippen LogP contribution in [0.15, 0.2) is 18.2 Å². The maximum Gasteiger partial charge on any atom is 0.414 e. The van der Waals surface area contributed by atoms with Gasteiger partial charge in [-0.05, 0) is 37.5 Å². The molecule has 4 fully saturated rings. The summed E-state index contributed by atoms with van der Waals surface area (Å²) < 4.78 is 25.2. The quantitative estimate of drug-likeness (QED) is 0.766. The number of nitrogens with zero attached hydrogens (tertiary/aromatic N) is 2. The number of ketones is 1. The fraction of sp³-hybridized carbons (Fsp3) is 0.600. The first-order valence-electron chi connectivity index (χ1n) is 9.66. The summed E-state index contributed by atoms with van der Waals surface area (Å²) in [6, 6.07) is 4.89. The Hall–Kier alpha value is -2.15. The van der Waals surface area contributed by atoms with Crippen molar-refractivity contribution in [2.75, 3.05) is 42.6 Å². The molecule has 27 heavy (non-hydrogen) atoms. The van der Waals surface area contributed by atoms with E-state index in [0.717, 1.165) is 39.1 Å². The molecule has 5 rings (SSSR count). The molecule has 1 amide bonds. The average molecular weight is 374 g/mol. The number of carbonyl (C=O) groups is 2. The summed E-state index contributed by atoms with van der Waals surface area (Å²) in [7, 11) is 0. The second kappa shape index (κ2) is 6.19. The second-order valence-corrected chi connectivity index (χ2v) is 8.38. The van der Waals surface area contributed by atoms with E-state index in [4.69, 9.17) is 9.47 Å². The lowest BCUT2D eigenvalue weighted by Gasteiger charge is -2.56. The molecule has 3 saturated heterocycles. The van der Waals surface area contributed by atoms with Crippen LogP contribution in [-0.4, -0.2) is 50.8 Å². The Bertz CT molecular complexity index is 782. The second-order valence-electron chi connectivity index (χ2n) is 8.38. The van der Waals surface area contributed by atoms with Crippen molar-refractivity contribution in [3.63, 3.8) is 0 Å². The Balaban J connectivity index is 1.21. The molecule has 1 aliphatic carbocycles. The lowest BCUT2D eigenvalue weighted by molar-refractivity contribution is -0.127. The standard InChI is InChI=1S/C20H23FN2O4/c21-16-7-14(3-5-17(16)22-9-20(10-22)11-26-12-20)23-8-15(27-19(23)25)4-6-18(24)13-1-2-13/h3,5,7,13,15H,1-2,4,6,8-12H2/t15-/m0/s1. The average Bonchev–Trinajstić information content (AvgIpc) is 3.35. The molecule has 0 bridgehead atoms. The lowest BCUT2D eigenvalue weighted by Crippen LogP contribution is -2.66. The Morgan fingerprint density at radius 3 is 2.67 bits per heavy atom. The summed E-state index contributed by atoms with van der Waals surface area (Å²) in [5, 5.41) is 0. The van der Waals surface area contributed by atoms with Gasteiger partial charge in [0.25, 0.3) is 0 Å². The van der Waals surface area contributed by atoms with Gasteiger partial charge in [0, 0.05) is 25.4 Å². The molecule has 3 aliphatic heterocycles. The van der Waals surface area contributed by atoms with Gasteiger partial charge in [0.1, 0.15) is 17.7 Å². The van der Waals surface area contributed by atoms with Crippen LogP contribution in [0.4, 0.5) is 20.6 Å². The molecular formula is C20H23FN2O4. The van der Waals surface area contributed by atoms with E-state index in [-0.39, 0.29) is 29.0 Å². The summed E-state index contributed by atoms with van der Waals surface area (Å²) in [6.45, 7) is 3.50. The van der Waals surface area contributed by atoms with Gasteiger partial charge < -0.3 is 14.4 Å². The molecule has 6 nitrogen and oxygen atoms in total. The smallest absolute Gasteiger partial charge is 0.414 e. The van der Waals surface area contributed by atoms with Gasteiger partial charge in [0.05, 0.1) is 36.5 Å². The van der Waals surface area contributed by atoms with Crippen LogP contribution in [-0.2, 0) is 14.3 Å². The summed E-state index contributed by atoms with van der Waals surface area (Å²) in [5.41, 5.74) is 1.28. The van der Waals surface area contributed by atoms with Crippen LogP contribution in [0.2, 0.25) is 0 Å². The van der Waals surface area contributed by atoms with Crippen molar-refractivity contribution >= 4 is 23.3 Å². The fourth-order valence-corrected chi connectivity index (χ4v) is 4.22. The Morgan fingerprint density at radius 1 is 1.26 bits per heavy atom. The zero-order valence-electron chi connectivity index (χ0n) is 15.2. The topological polar surface area (TPSA) is 59.1 Å². The Morgan fingerprint density at radius 2 is 2.04 bits per heavy atom. The zero-order valence-corrected chi connectivity index (χ0v) is 15.2. The van der Waals surface area contributed by atoms with Crippen molar-refractivity contribution in [2.24, 2.45) is 11.3 Å². The van der Waals surface area contributed by atoms with E-state index in [9.17, 15) is 14.0 Å². The van der Waals surface area contributed by atoms with E-state index in [2.05, 4.69) is 0 Å². The number of anilines is 2. The molecule has 7 heteroatoms. The number of carbonyl (C=O) groups excluding carboxylic acids is 2. The van der Waals surface area contributed by atoms with Gasteiger partial charge in [0.2, 0.25) is 0 Å². The van der Waals surface area contributed by atoms with E-state index >= 15 is 0 Å². The summed E-state index contributed by atoms with van der Waals surface area (Å²) in [6.07, 6.45) is 2.19. The monoisotopic (exact) mass is 374 g/mol. The molecule has 1 aromatic rings. The number of halogens is 1. The van der Waals surface area contributed by atoms with Crippen LogP contribution >= 0.6 is 0 Å². The molecule has 1 spiro atoms. The molecule has 0 aromatic heterocycles. The highest BCUT2D eigenvalue weighted by molar-refractivity contribution is 5.90. The van der Waals surface area contributed by atoms with E-state index in [1.807, 2.05) is 4.90 Å². The van der Waals surface area contributed by atoms with Crippen molar-refractivity contribution in [1.29, 1.82) is 0 Å². The van der Waals surface area contributed by atoms with Crippen molar-refractivity contribution in [2.45, 2.75) is 31.8 Å². The van der Waals surface area contributed by atoms with Crippen molar-refractivity contribution in [3.05, 3.63) is 24.0 Å². The maximum absolute atomic E-state index is 14.6. The van der Waals surface area contributed by atoms with E-state index in [0.29, 0.717) is 30.8 Å². The Labute approximate surface area is 157 Å². The number of rotatable bonds is 6. The van der Waals surface area contributed by atoms with Gasteiger partial charge in [-0.15, -0.1) is 0 Å². The normalized spacial score (nSPS) is 26.0. The third-order valence-electron chi connectivity index (χ3n) is 6.07. The number of amides is 1. The van der Waals surface area contributed by atoms with Crippen LogP contribution in [0.25, 0.3) is 0 Å². The predicted molar refractivity (Wildman–Crippen MR) is 96.4 cm³/mol. The van der Waals surface area contributed by atoms with Crippen LogP contribution in [0.1, 0.15) is 25.7 Å². The minimum atomic E-state index is -0.472. The third-order valence-corrected chi connectivity index (χ3v) is 6.07. The first-order chi connectivity index (χ1) is 13.0. The highest BCUT2D eigenvalue weighted by Crippen LogP contribution is 2.41. The van der Waals surface area contributed by atoms with E-state index in [1.54, 1.807) is 12.1 Å². The number of ether oxygens (including phenoxy) is 2. The summed E-state index contributed by atoms with van der Waals surface area (Å²) in [4.78, 5) is 27.5. The molecule has 1 saturated carbocycles. The zero-order chi connectivity index (χ0) is 18.6. The maximum atomic E-state index is 14.6. The minimum absolute atomic E-state index is 0.217. The van der Waals surface area contributed by atoms with E-state index < -0.39 is 6.09 Å². The number of hydrogen-bond donors (Lipinski definition) is 0. The molecule has 3 heterocycles. The number of hydrogen-bond acceptors (Lipinski definition) is 5. The minimum Gasteiger partial charge on any atom is -0.444 e. The molecular weight excluding hydrogens is 351 g/mol. The highest BCUT2D eigenvalue weighted by Gasteiger charge is 2.49. The van der Waals surface area contributed by atoms with Gasteiger partial charge in [-0.25, -0.2) is 9.18 Å². The van der Waals surface area contributed by atoms with E-state index in [1.165, 1.54) is 11.0 Å². The largest absolute Gasteiger partial charge is 0.444 e. The van der Waals surface area contributed by atoms with Crippen LogP contribution < -0.4 is 9.80 Å². The van der Waals surface area contributed by atoms with Gasteiger partial charge >= 0.3 is 6.09 Å². The predicted octanol–water partition coefficient (Wildman–Crippen LogP) is 2.75. The van der Waals surface area contributed by atoms with Crippen LogP contribution in [0.3, 0.4) is 0 Å². The van der Waals surface area contributed by atoms with Gasteiger partial charge in [0.15, 0.2) is 0 Å². The van der Waals surface area contributed by atoms with Crippen molar-refractivity contribution in [3.8, 4) is 0 Å². The lowest BCUT2D eigenvalue weighted by atomic mass is 9.78. The summed E-state index contributed by atoms with van der Waals surface area (Å²) in [5.74, 6) is 0.166. The molecule has 4 aliphatic rings. The molecule has 0 radical (unpaired) electrons. The molecule has 1 aromatic carbocycles. The fourth-order valence-electron chi connectivity index (χ4n) is 4.22. The molecule has 0 unspecified atom stereocenters. The molecule has 144 valence electrons. The number of benzene rings is 1. The van der Waals surface area contributed by atoms with Crippen molar-refractivity contribution < 1.29 is 23.5 Å². The van der Waals surface area contributed by atoms with Gasteiger partial charge in [-0.1, -0.05) is 0 Å². The van der Waals surface area contributed by atoms with Crippen molar-refractivity contribution in [1.82, 2.24) is 0 Å². The number of cyclic esters (lactones) is 1. The molecule has 0 N–H and O–H groups in total. The summed E-state index contributed by atoms with van der Waals surface area (Å²) >= 11 is 0. The Kier molecular flexibility index (Phi) is 3.89. The van der Waals surface area contributed by atoms with Crippen LogP contribution in [0.5, 0.6) is 0 Å². The number of Topliss-reactive ketones (excluding diaryl/α,β-unsaturated/α-hetero) is 1. The molecule has 1 atom stereocenters. The first-order valence-corrected chi connectivity index (χ1v) is 9.66. The van der Waals surface area contributed by atoms with Crippen LogP contribution in [0, 0.1) is 17.2 Å². The first kappa shape index (κ1) is 17.0. The third kappa shape index (κ3) is 3.08. The highest BCUT2D eigenvalue weighted by atomic mass is 19.1. The van der Waals surface area contributed by atoms with Gasteiger partial charge in [-0.2, -0.15) is 0 Å².